The number of aryl methyl sites for hydroxylation is 2. The summed E-state index contributed by atoms with van der Waals surface area (Å²) in [4.78, 5) is 170. The van der Waals surface area contributed by atoms with E-state index in [1.165, 1.54) is 28.2 Å². The number of phosphoric acid groups is 4. The molecule has 46 nitrogen and oxygen atoms in total. The highest BCUT2D eigenvalue weighted by Gasteiger charge is 2.50. The summed E-state index contributed by atoms with van der Waals surface area (Å²) in [6.45, 7) is -2.74. The van der Waals surface area contributed by atoms with Crippen molar-refractivity contribution in [1.82, 2.24) is 38.2 Å². The number of rotatable bonds is 16. The second kappa shape index (κ2) is 29.2. The predicted octanol–water partition coefficient (Wildman–Crippen LogP) is -13.1. The lowest BCUT2D eigenvalue weighted by Crippen LogP contribution is -2.58. The molecule has 0 bridgehead atoms. The highest BCUT2D eigenvalue weighted by Crippen LogP contribution is 2.42. The van der Waals surface area contributed by atoms with E-state index in [-0.39, 0.29) is 11.1 Å². The Hall–Kier alpha value is -5.46. The first-order valence-corrected chi connectivity index (χ1v) is 30.4. The average molecular weight is 1360 g/mol. The topological polar surface area (TPSA) is 693 Å². The number of hydrogen-bond acceptors (Lipinski definition) is 28. The molecule has 16 atom stereocenters. The molecule has 88 heavy (non-hydrogen) atoms. The predicted molar refractivity (Wildman–Crippen MR) is 273 cm³/mol. The van der Waals surface area contributed by atoms with Gasteiger partial charge in [0.05, 0.1) is 58.7 Å². The lowest BCUT2D eigenvalue weighted by Gasteiger charge is -2.14. The number of phosphoric ester groups is 4. The Labute approximate surface area is 485 Å². The minimum absolute atomic E-state index is 0.104. The van der Waals surface area contributed by atoms with Gasteiger partial charge < -0.3 is 109 Å². The van der Waals surface area contributed by atoms with E-state index in [1.54, 1.807) is 0 Å². The van der Waals surface area contributed by atoms with Crippen LogP contribution in [0.15, 0.2) is 63.4 Å². The van der Waals surface area contributed by atoms with E-state index in [1.807, 2.05) is 9.97 Å². The molecule has 4 aliphatic rings. The van der Waals surface area contributed by atoms with Crippen LogP contribution in [-0.2, 0) is 83.5 Å². The fourth-order valence-corrected chi connectivity index (χ4v) is 9.61. The molecule has 4 aliphatic heterocycles. The molecule has 0 aromatic carbocycles. The van der Waals surface area contributed by atoms with E-state index in [0.717, 1.165) is 52.5 Å². The van der Waals surface area contributed by atoms with Crippen molar-refractivity contribution in [3.63, 3.8) is 0 Å². The maximum absolute atomic E-state index is 12.1. The summed E-state index contributed by atoms with van der Waals surface area (Å²) in [5.41, 5.74) is -6.15. The molecule has 0 spiro atoms. The zero-order valence-corrected chi connectivity index (χ0v) is 48.7. The van der Waals surface area contributed by atoms with Gasteiger partial charge in [0.15, 0.2) is 0 Å². The number of nitrogens with zero attached hydrogens (tertiary/aromatic N) is 6. The lowest BCUT2D eigenvalue weighted by atomic mass is 10.0. The van der Waals surface area contributed by atoms with Crippen molar-refractivity contribution in [3.8, 4) is 0 Å². The van der Waals surface area contributed by atoms with Crippen molar-refractivity contribution in [2.24, 2.45) is 28.2 Å². The summed E-state index contributed by atoms with van der Waals surface area (Å²) in [6.07, 6.45) is -18.3. The highest BCUT2D eigenvalue weighted by atomic mass is 31.2. The molecule has 0 radical (unpaired) electrons. The number of aromatic amines is 4. The first kappa shape index (κ1) is 73.3. The van der Waals surface area contributed by atoms with Gasteiger partial charge in [0.1, 0.15) is 85.5 Å². The molecule has 4 saturated heterocycles. The number of ether oxygens (including phenoxy) is 4. The summed E-state index contributed by atoms with van der Waals surface area (Å²) in [5.74, 6) is 0. The van der Waals surface area contributed by atoms with E-state index >= 15 is 0 Å². The van der Waals surface area contributed by atoms with Gasteiger partial charge in [-0.1, -0.05) is 0 Å². The van der Waals surface area contributed by atoms with Crippen LogP contribution in [0.2, 0.25) is 0 Å². The van der Waals surface area contributed by atoms with Gasteiger partial charge in [0.2, 0.25) is 25.1 Å². The SMILES string of the molecule is C[n+]1cn([C@@H]2O[C@H](COP(=O)(O)O)[C@@H](O)C2O)c(=O)[nH]c1=O.Cn1c(=O)[nH]cc([C@@H]2O[C@H](COP(=O)(O)O)[C@@H](O)C2O)c1=O.Cn1c(=O)n([C@@H]2O[C@H](COP(=O)(O)O)[C@@H](O)C2O)c[n+](C)c1=O.O=c1[nH]cc([C@@H]2O[C@H](COP(=O)(O)O)[C@@H](O)C2O)c(=O)[nH]1. The lowest BCUT2D eigenvalue weighted by molar-refractivity contribution is -0.696. The molecule has 50 heteroatoms. The standard InChI is InChI=1S/C10H16N3O9P.C10H15N2O9P.C9H14N3O9P.C9H13N2O9P/c1-11-4-13(10(17)12(2)9(11)16)8-7(15)6(14)5(22-8)3-21-23(18,19)20;1-12-9(15)4(2-11-10(12)16)8-7(14)6(13)5(21-8)3-20-22(17,18)19;1-11-3-12(9(16)10-8(11)15)7-6(14)5(13)4(21-7)2-20-22(17,18)19;12-5-4(2-19-21(16,17)18)20-7(6(5)13)3-1-10-9(15)11-8(3)14/h4-8,14-15H,3H2,1-2H3,(H-,18,19,20);2,5-8,13-14H,3H2,1H3,(H,11,16)(H2,17,18,19);3-7,13-14H,2H2,1H3,(H2-,10,15,16,17,18,19);1,4-7,12-13H,2H2,(H2,16,17,18)(H2,10,11,14,15)/p+2/t5-,6-,7?,8-;5-,6-,7?,8+;4-,5-,6?,7-;4-,5-,6?,7+/m1111/s1. The molecule has 4 fully saturated rings. The zero-order chi connectivity index (χ0) is 66.6. The number of aliphatic hydroxyl groups excluding tert-OH is 8. The second-order valence-corrected chi connectivity index (χ2v) is 23.9. The zero-order valence-electron chi connectivity index (χ0n) is 45.2. The molecule has 8 rings (SSSR count). The molecule has 4 aromatic heterocycles. The Balaban J connectivity index is 0.000000214. The summed E-state index contributed by atoms with van der Waals surface area (Å²) in [6, 6.07) is 0. The van der Waals surface area contributed by atoms with Crippen LogP contribution in [-0.4, -0.2) is 218 Å². The van der Waals surface area contributed by atoms with Gasteiger partial charge >= 0.3 is 65.4 Å². The van der Waals surface area contributed by atoms with Crippen LogP contribution in [0, 0.1) is 0 Å². The number of aliphatic hydroxyl groups is 8. The summed E-state index contributed by atoms with van der Waals surface area (Å²) in [5, 5.41) is 78.9. The molecular weight excluding hydrogens is 1300 g/mol. The van der Waals surface area contributed by atoms with Crippen LogP contribution in [0.3, 0.4) is 0 Å². The quantitative estimate of drug-likeness (QED) is 0.0366. The molecule has 0 aliphatic carbocycles. The number of nitrogens with one attached hydrogen (secondary N) is 4. The Kier molecular flexibility index (Phi) is 24.3. The monoisotopic (exact) mass is 1360 g/mol. The largest absolute Gasteiger partial charge is 0.469 e. The van der Waals surface area contributed by atoms with E-state index in [2.05, 4.69) is 28.1 Å². The Bertz CT molecular complexity index is 3750. The second-order valence-electron chi connectivity index (χ2n) is 19.0. The van der Waals surface area contributed by atoms with Crippen molar-refractivity contribution in [2.75, 3.05) is 26.4 Å². The summed E-state index contributed by atoms with van der Waals surface area (Å²) in [7, 11) is -13.9. The van der Waals surface area contributed by atoms with Crippen molar-refractivity contribution in [3.05, 3.63) is 120 Å². The maximum Gasteiger partial charge on any atom is 0.469 e. The minimum Gasteiger partial charge on any atom is -0.387 e. The number of hydrogen-bond donors (Lipinski definition) is 20. The average Bonchev–Trinajstić information content (AvgIpc) is 1.88. The summed E-state index contributed by atoms with van der Waals surface area (Å²) >= 11 is 0. The van der Waals surface area contributed by atoms with E-state index in [9.17, 15) is 97.5 Å². The normalized spacial score (nSPS) is 29.0. The molecular formula is C38H60N10O36P4+2. The van der Waals surface area contributed by atoms with E-state index in [0.29, 0.717) is 0 Å². The highest BCUT2D eigenvalue weighted by molar-refractivity contribution is 7.47. The first-order chi connectivity index (χ1) is 40.4. The van der Waals surface area contributed by atoms with Crippen LogP contribution in [0.1, 0.15) is 35.8 Å². The third kappa shape index (κ3) is 18.8. The molecule has 8 heterocycles. The van der Waals surface area contributed by atoms with E-state index < -0.39 is 201 Å². The van der Waals surface area contributed by atoms with Crippen LogP contribution >= 0.6 is 31.3 Å². The molecule has 20 N–H and O–H groups in total. The van der Waals surface area contributed by atoms with Gasteiger partial charge in [-0.2, -0.15) is 18.7 Å². The molecule has 4 unspecified atom stereocenters. The van der Waals surface area contributed by atoms with Crippen molar-refractivity contribution in [2.45, 2.75) is 97.9 Å². The van der Waals surface area contributed by atoms with Crippen LogP contribution in [0.25, 0.3) is 0 Å². The molecule has 0 amide bonds. The van der Waals surface area contributed by atoms with E-state index in [4.69, 9.17) is 58.1 Å². The van der Waals surface area contributed by atoms with Crippen LogP contribution in [0.5, 0.6) is 0 Å². The fourth-order valence-electron chi connectivity index (χ4n) is 8.25. The third-order valence-corrected chi connectivity index (χ3v) is 14.6. The van der Waals surface area contributed by atoms with Gasteiger partial charge in [-0.25, -0.2) is 56.2 Å². The van der Waals surface area contributed by atoms with Gasteiger partial charge in [-0.3, -0.25) is 37.2 Å². The smallest absolute Gasteiger partial charge is 0.387 e. The molecule has 4 aromatic rings. The Morgan fingerprint density at radius 1 is 0.477 bits per heavy atom. The van der Waals surface area contributed by atoms with Gasteiger partial charge in [0.25, 0.3) is 11.1 Å². The van der Waals surface area contributed by atoms with Gasteiger partial charge in [0, 0.05) is 19.4 Å². The van der Waals surface area contributed by atoms with Crippen molar-refractivity contribution < 1.29 is 144 Å². The Morgan fingerprint density at radius 3 is 1.27 bits per heavy atom. The first-order valence-electron chi connectivity index (χ1n) is 24.3. The number of aromatic nitrogens is 10. The summed E-state index contributed by atoms with van der Waals surface area (Å²) < 4.78 is 85.7. The van der Waals surface area contributed by atoms with Gasteiger partial charge in [-0.05, 0) is 0 Å². The fraction of sp³-hybridized carbons (Fsp3) is 0.632. The minimum atomic E-state index is -4.78. The van der Waals surface area contributed by atoms with Crippen LogP contribution < -0.4 is 54.4 Å². The Morgan fingerprint density at radius 2 is 0.852 bits per heavy atom. The van der Waals surface area contributed by atoms with Crippen molar-refractivity contribution >= 4 is 31.3 Å². The molecule has 496 valence electrons. The number of H-pyrrole nitrogens is 4. The van der Waals surface area contributed by atoms with Gasteiger partial charge in [-0.15, -0.1) is 0 Å². The molecule has 0 saturated carbocycles. The van der Waals surface area contributed by atoms with Crippen LogP contribution in [0.4, 0.5) is 0 Å². The van der Waals surface area contributed by atoms with Crippen molar-refractivity contribution in [1.29, 1.82) is 0 Å². The third-order valence-electron chi connectivity index (χ3n) is 12.7. The maximum atomic E-state index is 12.1.